The molecule has 0 heterocycles. The quantitative estimate of drug-likeness (QED) is 0.762. The monoisotopic (exact) mass is 271 g/mol. The van der Waals surface area contributed by atoms with Crippen LogP contribution in [-0.4, -0.2) is 6.04 Å². The Morgan fingerprint density at radius 3 is 2.47 bits per heavy atom. The van der Waals surface area contributed by atoms with Crippen LogP contribution in [0.15, 0.2) is 18.2 Å². The predicted molar refractivity (Wildman–Crippen MR) is 76.1 cm³/mol. The fourth-order valence-corrected chi connectivity index (χ4v) is 3.17. The standard InChI is InChI=1S/C14H19Cl2N/c1-14(2)8-4-5-10(9-14)17-13-11(15)6-3-7-12(13)16/h3,6-7,10,17H,4-5,8-9H2,1-2H3. The van der Waals surface area contributed by atoms with Crippen LogP contribution in [0.3, 0.4) is 0 Å². The minimum absolute atomic E-state index is 0.420. The summed E-state index contributed by atoms with van der Waals surface area (Å²) in [4.78, 5) is 0. The van der Waals surface area contributed by atoms with Crippen molar-refractivity contribution in [3.63, 3.8) is 0 Å². The zero-order chi connectivity index (χ0) is 12.5. The van der Waals surface area contributed by atoms with Crippen molar-refractivity contribution in [2.75, 3.05) is 5.32 Å². The van der Waals surface area contributed by atoms with E-state index >= 15 is 0 Å². The van der Waals surface area contributed by atoms with E-state index < -0.39 is 0 Å². The van der Waals surface area contributed by atoms with Crippen LogP contribution in [0.5, 0.6) is 0 Å². The van der Waals surface area contributed by atoms with E-state index in [2.05, 4.69) is 19.2 Å². The first kappa shape index (κ1) is 13.0. The Hall–Kier alpha value is -0.400. The number of nitrogens with one attached hydrogen (secondary N) is 1. The molecule has 1 unspecified atom stereocenters. The highest BCUT2D eigenvalue weighted by atomic mass is 35.5. The summed E-state index contributed by atoms with van der Waals surface area (Å²) in [5.41, 5.74) is 1.31. The molecule has 2 rings (SSSR count). The SMILES string of the molecule is CC1(C)CCCC(Nc2c(Cl)cccc2Cl)C1. The van der Waals surface area contributed by atoms with Crippen LogP contribution >= 0.6 is 23.2 Å². The van der Waals surface area contributed by atoms with E-state index in [0.29, 0.717) is 21.5 Å². The summed E-state index contributed by atoms with van der Waals surface area (Å²) in [7, 11) is 0. The largest absolute Gasteiger partial charge is 0.380 e. The Balaban J connectivity index is 2.10. The van der Waals surface area contributed by atoms with Gasteiger partial charge in [0.2, 0.25) is 0 Å². The first-order valence-corrected chi connectivity index (χ1v) is 6.94. The molecule has 0 spiro atoms. The highest BCUT2D eigenvalue weighted by molar-refractivity contribution is 6.39. The van der Waals surface area contributed by atoms with Gasteiger partial charge in [0.15, 0.2) is 0 Å². The van der Waals surface area contributed by atoms with Crippen molar-refractivity contribution in [2.45, 2.75) is 45.6 Å². The summed E-state index contributed by atoms with van der Waals surface area (Å²) in [6.45, 7) is 4.66. The average molecular weight is 272 g/mol. The number of para-hydroxylation sites is 1. The minimum atomic E-state index is 0.420. The topological polar surface area (TPSA) is 12.0 Å². The van der Waals surface area contributed by atoms with Gasteiger partial charge in [-0.25, -0.2) is 0 Å². The fourth-order valence-electron chi connectivity index (χ4n) is 2.66. The highest BCUT2D eigenvalue weighted by Crippen LogP contribution is 2.38. The third-order valence-electron chi connectivity index (χ3n) is 3.52. The van der Waals surface area contributed by atoms with Crippen LogP contribution in [0, 0.1) is 5.41 Å². The molecule has 0 aliphatic heterocycles. The molecular formula is C14H19Cl2N. The van der Waals surface area contributed by atoms with E-state index in [9.17, 15) is 0 Å². The van der Waals surface area contributed by atoms with Gasteiger partial charge in [-0.15, -0.1) is 0 Å². The molecule has 0 aromatic heterocycles. The van der Waals surface area contributed by atoms with Gasteiger partial charge in [-0.3, -0.25) is 0 Å². The van der Waals surface area contributed by atoms with Crippen LogP contribution in [0.25, 0.3) is 0 Å². The molecule has 1 atom stereocenters. The third-order valence-corrected chi connectivity index (χ3v) is 4.15. The second-order valence-electron chi connectivity index (χ2n) is 5.70. The maximum Gasteiger partial charge on any atom is 0.0721 e. The van der Waals surface area contributed by atoms with Crippen molar-refractivity contribution in [2.24, 2.45) is 5.41 Å². The number of rotatable bonds is 2. The molecule has 17 heavy (non-hydrogen) atoms. The second-order valence-corrected chi connectivity index (χ2v) is 6.51. The highest BCUT2D eigenvalue weighted by Gasteiger charge is 2.28. The van der Waals surface area contributed by atoms with E-state index in [1.54, 1.807) is 0 Å². The zero-order valence-corrected chi connectivity index (χ0v) is 11.9. The molecule has 0 radical (unpaired) electrons. The third kappa shape index (κ3) is 3.29. The molecule has 0 bridgehead atoms. The summed E-state index contributed by atoms with van der Waals surface area (Å²) in [6.07, 6.45) is 4.95. The Bertz CT molecular complexity index is 381. The lowest BCUT2D eigenvalue weighted by Gasteiger charge is -2.36. The molecule has 94 valence electrons. The molecule has 1 aromatic carbocycles. The fraction of sp³-hybridized carbons (Fsp3) is 0.571. The molecule has 1 aromatic rings. The minimum Gasteiger partial charge on any atom is -0.380 e. The van der Waals surface area contributed by atoms with Gasteiger partial charge in [0.25, 0.3) is 0 Å². The van der Waals surface area contributed by atoms with Crippen molar-refractivity contribution in [3.8, 4) is 0 Å². The van der Waals surface area contributed by atoms with Crippen molar-refractivity contribution in [3.05, 3.63) is 28.2 Å². The number of hydrogen-bond donors (Lipinski definition) is 1. The number of halogens is 2. The van der Waals surface area contributed by atoms with E-state index in [1.807, 2.05) is 18.2 Å². The lowest BCUT2D eigenvalue weighted by atomic mass is 9.75. The van der Waals surface area contributed by atoms with Crippen LogP contribution in [0.1, 0.15) is 39.5 Å². The second kappa shape index (κ2) is 5.07. The molecule has 0 amide bonds. The zero-order valence-electron chi connectivity index (χ0n) is 10.4. The van der Waals surface area contributed by atoms with Crippen molar-refractivity contribution in [1.82, 2.24) is 0 Å². The Kier molecular flexibility index (Phi) is 3.89. The Morgan fingerprint density at radius 1 is 1.24 bits per heavy atom. The molecule has 0 saturated heterocycles. The van der Waals surface area contributed by atoms with Gasteiger partial charge < -0.3 is 5.32 Å². The van der Waals surface area contributed by atoms with Crippen molar-refractivity contribution >= 4 is 28.9 Å². The van der Waals surface area contributed by atoms with E-state index in [-0.39, 0.29) is 0 Å². The average Bonchev–Trinajstić information content (AvgIpc) is 2.22. The molecule has 3 heteroatoms. The van der Waals surface area contributed by atoms with E-state index in [0.717, 1.165) is 5.69 Å². The molecule has 1 nitrogen and oxygen atoms in total. The van der Waals surface area contributed by atoms with Gasteiger partial charge in [0.1, 0.15) is 0 Å². The van der Waals surface area contributed by atoms with Crippen LogP contribution in [-0.2, 0) is 0 Å². The lowest BCUT2D eigenvalue weighted by Crippen LogP contribution is -2.31. The van der Waals surface area contributed by atoms with Gasteiger partial charge in [0, 0.05) is 6.04 Å². The summed E-state index contributed by atoms with van der Waals surface area (Å²) < 4.78 is 0. The smallest absolute Gasteiger partial charge is 0.0721 e. The van der Waals surface area contributed by atoms with Crippen LogP contribution in [0.4, 0.5) is 5.69 Å². The van der Waals surface area contributed by atoms with Gasteiger partial charge in [0.05, 0.1) is 15.7 Å². The molecular weight excluding hydrogens is 253 g/mol. The molecule has 1 saturated carbocycles. The van der Waals surface area contributed by atoms with Gasteiger partial charge in [-0.1, -0.05) is 49.5 Å². The maximum atomic E-state index is 6.17. The lowest BCUT2D eigenvalue weighted by molar-refractivity contribution is 0.229. The van der Waals surface area contributed by atoms with E-state index in [1.165, 1.54) is 25.7 Å². The predicted octanol–water partition coefficient (Wildman–Crippen LogP) is 5.37. The maximum absolute atomic E-state index is 6.17. The normalized spacial score (nSPS) is 23.4. The van der Waals surface area contributed by atoms with Crippen LogP contribution in [0.2, 0.25) is 10.0 Å². The molecule has 1 fully saturated rings. The van der Waals surface area contributed by atoms with Gasteiger partial charge in [-0.2, -0.15) is 0 Å². The van der Waals surface area contributed by atoms with Crippen molar-refractivity contribution in [1.29, 1.82) is 0 Å². The van der Waals surface area contributed by atoms with Crippen LogP contribution < -0.4 is 5.32 Å². The molecule has 1 aliphatic carbocycles. The molecule has 1 N–H and O–H groups in total. The van der Waals surface area contributed by atoms with E-state index in [4.69, 9.17) is 23.2 Å². The number of anilines is 1. The van der Waals surface area contributed by atoms with Gasteiger partial charge >= 0.3 is 0 Å². The number of hydrogen-bond acceptors (Lipinski definition) is 1. The van der Waals surface area contributed by atoms with Gasteiger partial charge in [-0.05, 0) is 36.8 Å². The Labute approximate surface area is 114 Å². The summed E-state index contributed by atoms with van der Waals surface area (Å²) in [5.74, 6) is 0. The molecule has 1 aliphatic rings. The summed E-state index contributed by atoms with van der Waals surface area (Å²) >= 11 is 12.3. The number of benzene rings is 1. The first-order valence-electron chi connectivity index (χ1n) is 6.18. The van der Waals surface area contributed by atoms with Crippen molar-refractivity contribution < 1.29 is 0 Å². The first-order chi connectivity index (χ1) is 7.98. The summed E-state index contributed by atoms with van der Waals surface area (Å²) in [6, 6.07) is 6.12. The Morgan fingerprint density at radius 2 is 1.88 bits per heavy atom. The summed E-state index contributed by atoms with van der Waals surface area (Å²) in [5, 5.41) is 4.93.